The Morgan fingerprint density at radius 2 is 2.24 bits per heavy atom. The van der Waals surface area contributed by atoms with Gasteiger partial charge >= 0.3 is 0 Å². The Hall–Kier alpha value is -1.26. The van der Waals surface area contributed by atoms with E-state index in [1.165, 1.54) is 7.05 Å². The van der Waals surface area contributed by atoms with Crippen LogP contribution in [0.3, 0.4) is 0 Å². The Morgan fingerprint density at radius 1 is 1.65 bits per heavy atom. The molecule has 0 fully saturated rings. The van der Waals surface area contributed by atoms with E-state index >= 15 is 0 Å². The summed E-state index contributed by atoms with van der Waals surface area (Å²) in [4.78, 5) is 3.53. The minimum atomic E-state index is -4.19. The summed E-state index contributed by atoms with van der Waals surface area (Å²) in [6.07, 6.45) is 1.15. The van der Waals surface area contributed by atoms with Crippen molar-refractivity contribution in [1.29, 1.82) is 0 Å². The van der Waals surface area contributed by atoms with Crippen LogP contribution in [0.2, 0.25) is 0 Å². The molecule has 0 unspecified atom stereocenters. The summed E-state index contributed by atoms with van der Waals surface area (Å²) >= 11 is 0. The first-order valence-electron chi connectivity index (χ1n) is 4.45. The van der Waals surface area contributed by atoms with Crippen molar-refractivity contribution in [2.24, 2.45) is 7.05 Å². The van der Waals surface area contributed by atoms with Gasteiger partial charge in [-0.2, -0.15) is 0 Å². The van der Waals surface area contributed by atoms with Gasteiger partial charge in [0.05, 0.1) is 12.9 Å². The molecule has 0 atom stereocenters. The number of rotatable bonds is 5. The highest BCUT2D eigenvalue weighted by Crippen LogP contribution is 2.17. The number of halogens is 2. The maximum Gasteiger partial charge on any atom is 0.283 e. The SMILES string of the molecule is Cn1cnc(N)c1S(=O)(=O)NCC(F)(F)CO. The minimum absolute atomic E-state index is 0.285. The highest BCUT2D eigenvalue weighted by molar-refractivity contribution is 7.89. The van der Waals surface area contributed by atoms with E-state index in [1.54, 1.807) is 4.72 Å². The van der Waals surface area contributed by atoms with Crippen LogP contribution in [-0.2, 0) is 17.1 Å². The van der Waals surface area contributed by atoms with Gasteiger partial charge in [0.2, 0.25) is 0 Å². The molecule has 1 aromatic rings. The molecule has 0 aliphatic rings. The third-order valence-corrected chi connectivity index (χ3v) is 3.45. The first kappa shape index (κ1) is 13.8. The van der Waals surface area contributed by atoms with Crippen molar-refractivity contribution < 1.29 is 22.3 Å². The fourth-order valence-electron chi connectivity index (χ4n) is 1.09. The van der Waals surface area contributed by atoms with Crippen LogP contribution in [0.25, 0.3) is 0 Å². The van der Waals surface area contributed by atoms with E-state index in [-0.39, 0.29) is 5.82 Å². The Bertz CT molecular complexity index is 480. The Labute approximate surface area is 96.3 Å². The molecule has 0 radical (unpaired) electrons. The fourth-order valence-corrected chi connectivity index (χ4v) is 2.38. The molecule has 17 heavy (non-hydrogen) atoms. The number of hydrogen-bond donors (Lipinski definition) is 3. The average Bonchev–Trinajstić information content (AvgIpc) is 2.57. The largest absolute Gasteiger partial charge is 0.390 e. The molecule has 7 nitrogen and oxygen atoms in total. The van der Waals surface area contributed by atoms with Crippen molar-refractivity contribution in [3.05, 3.63) is 6.33 Å². The van der Waals surface area contributed by atoms with E-state index < -0.39 is 34.1 Å². The molecule has 0 bridgehead atoms. The number of nitrogens with two attached hydrogens (primary N) is 1. The molecule has 10 heteroatoms. The van der Waals surface area contributed by atoms with Gasteiger partial charge in [0.15, 0.2) is 10.8 Å². The van der Waals surface area contributed by atoms with Gasteiger partial charge in [-0.15, -0.1) is 0 Å². The van der Waals surface area contributed by atoms with Gasteiger partial charge in [-0.3, -0.25) is 0 Å². The molecule has 1 aromatic heterocycles. The molecule has 98 valence electrons. The summed E-state index contributed by atoms with van der Waals surface area (Å²) in [6, 6.07) is 0. The summed E-state index contributed by atoms with van der Waals surface area (Å²) in [5, 5.41) is 7.91. The normalized spacial score (nSPS) is 12.9. The van der Waals surface area contributed by atoms with E-state index in [2.05, 4.69) is 4.98 Å². The molecule has 1 heterocycles. The van der Waals surface area contributed by atoms with Crippen molar-refractivity contribution in [3.8, 4) is 0 Å². The Kier molecular flexibility index (Phi) is 3.69. The number of nitrogen functional groups attached to an aromatic ring is 1. The first-order valence-corrected chi connectivity index (χ1v) is 5.93. The number of nitrogens with zero attached hydrogens (tertiary/aromatic N) is 2. The second-order valence-electron chi connectivity index (χ2n) is 3.38. The van der Waals surface area contributed by atoms with Gasteiger partial charge in [0.1, 0.15) is 6.61 Å². The third-order valence-electron chi connectivity index (χ3n) is 1.92. The van der Waals surface area contributed by atoms with E-state index in [1.807, 2.05) is 0 Å². The van der Waals surface area contributed by atoms with Crippen LogP contribution >= 0.6 is 0 Å². The number of anilines is 1. The lowest BCUT2D eigenvalue weighted by Crippen LogP contribution is -2.39. The molecule has 0 spiro atoms. The van der Waals surface area contributed by atoms with Crippen LogP contribution in [0.5, 0.6) is 0 Å². The first-order chi connectivity index (χ1) is 7.69. The number of aliphatic hydroxyl groups excluding tert-OH is 1. The number of sulfonamides is 1. The quantitative estimate of drug-likeness (QED) is 0.629. The summed E-state index contributed by atoms with van der Waals surface area (Å²) in [7, 11) is -2.82. The van der Waals surface area contributed by atoms with E-state index in [0.29, 0.717) is 0 Å². The Balaban J connectivity index is 2.91. The number of imidazole rings is 1. The lowest BCUT2D eigenvalue weighted by atomic mass is 10.4. The maximum atomic E-state index is 12.7. The number of alkyl halides is 2. The summed E-state index contributed by atoms with van der Waals surface area (Å²) < 4.78 is 51.4. The Morgan fingerprint density at radius 3 is 2.65 bits per heavy atom. The molecule has 0 saturated carbocycles. The zero-order chi connectivity index (χ0) is 13.3. The highest BCUT2D eigenvalue weighted by atomic mass is 32.2. The van der Waals surface area contributed by atoms with Gasteiger partial charge in [0.25, 0.3) is 15.9 Å². The molecular weight excluding hydrogens is 258 g/mol. The van der Waals surface area contributed by atoms with Crippen molar-refractivity contribution in [1.82, 2.24) is 14.3 Å². The van der Waals surface area contributed by atoms with Gasteiger partial charge in [0, 0.05) is 7.05 Å². The van der Waals surface area contributed by atoms with Crippen molar-refractivity contribution in [2.45, 2.75) is 10.9 Å². The lowest BCUT2D eigenvalue weighted by molar-refractivity contribution is -0.0437. The topological polar surface area (TPSA) is 110 Å². The average molecular weight is 270 g/mol. The number of nitrogens with one attached hydrogen (secondary N) is 1. The number of aryl methyl sites for hydroxylation is 1. The van der Waals surface area contributed by atoms with Crippen LogP contribution in [0, 0.1) is 0 Å². The predicted octanol–water partition coefficient (Wildman–Crippen LogP) is -1.09. The van der Waals surface area contributed by atoms with Crippen LogP contribution in [0.15, 0.2) is 11.4 Å². The van der Waals surface area contributed by atoms with E-state index in [0.717, 1.165) is 10.9 Å². The van der Waals surface area contributed by atoms with Crippen LogP contribution < -0.4 is 10.5 Å². The molecule has 1 rings (SSSR count). The van der Waals surface area contributed by atoms with Gasteiger partial charge in [-0.25, -0.2) is 26.9 Å². The number of hydrogen-bond acceptors (Lipinski definition) is 5. The third kappa shape index (κ3) is 3.11. The fraction of sp³-hybridized carbons (Fsp3) is 0.571. The second kappa shape index (κ2) is 4.55. The standard InChI is InChI=1S/C7H12F2N4O3S/c1-13-4-11-5(10)6(13)17(15,16)12-2-7(8,9)3-14/h4,12,14H,2-3,10H2,1H3. The zero-order valence-corrected chi connectivity index (χ0v) is 9.71. The smallest absolute Gasteiger partial charge is 0.283 e. The molecule has 0 aromatic carbocycles. The van der Waals surface area contributed by atoms with Crippen LogP contribution in [0.1, 0.15) is 0 Å². The number of aromatic nitrogens is 2. The molecule has 0 aliphatic heterocycles. The number of aliphatic hydroxyl groups is 1. The maximum absolute atomic E-state index is 12.7. The molecule has 0 aliphatic carbocycles. The van der Waals surface area contributed by atoms with E-state index in [4.69, 9.17) is 10.8 Å². The zero-order valence-electron chi connectivity index (χ0n) is 8.89. The summed E-state index contributed by atoms with van der Waals surface area (Å²) in [5.41, 5.74) is 5.31. The van der Waals surface area contributed by atoms with Gasteiger partial charge < -0.3 is 15.4 Å². The molecular formula is C7H12F2N4O3S. The van der Waals surface area contributed by atoms with Crippen molar-refractivity contribution >= 4 is 15.8 Å². The van der Waals surface area contributed by atoms with Crippen molar-refractivity contribution in [2.75, 3.05) is 18.9 Å². The molecule has 0 saturated heterocycles. The molecule has 0 amide bonds. The summed E-state index contributed by atoms with van der Waals surface area (Å²) in [6.45, 7) is -2.66. The predicted molar refractivity (Wildman–Crippen MR) is 54.8 cm³/mol. The van der Waals surface area contributed by atoms with Crippen LogP contribution in [0.4, 0.5) is 14.6 Å². The molecule has 4 N–H and O–H groups in total. The monoisotopic (exact) mass is 270 g/mol. The van der Waals surface area contributed by atoms with Crippen molar-refractivity contribution in [3.63, 3.8) is 0 Å². The van der Waals surface area contributed by atoms with Crippen LogP contribution in [-0.4, -0.2) is 42.1 Å². The van der Waals surface area contributed by atoms with Gasteiger partial charge in [-0.1, -0.05) is 0 Å². The lowest BCUT2D eigenvalue weighted by Gasteiger charge is -2.14. The van der Waals surface area contributed by atoms with Gasteiger partial charge in [-0.05, 0) is 0 Å². The highest BCUT2D eigenvalue weighted by Gasteiger charge is 2.31. The van der Waals surface area contributed by atoms with E-state index in [9.17, 15) is 17.2 Å². The summed E-state index contributed by atoms with van der Waals surface area (Å²) in [5.74, 6) is -3.81. The second-order valence-corrected chi connectivity index (χ2v) is 5.07. The minimum Gasteiger partial charge on any atom is -0.390 e.